The molecule has 0 saturated heterocycles. The predicted molar refractivity (Wildman–Crippen MR) is 135 cm³/mol. The second-order valence-electron chi connectivity index (χ2n) is 7.78. The smallest absolute Gasteiger partial charge is 0.321 e. The molecule has 3 amide bonds. The summed E-state index contributed by atoms with van der Waals surface area (Å²) in [6, 6.07) is 15.3. The van der Waals surface area contributed by atoms with Gasteiger partial charge in [-0.1, -0.05) is 29.3 Å². The van der Waals surface area contributed by atoms with E-state index in [1.807, 2.05) is 0 Å². The number of hydrogen-bond acceptors (Lipinski definition) is 3. The van der Waals surface area contributed by atoms with Gasteiger partial charge in [0.1, 0.15) is 0 Å². The number of carbonyl (C=O) groups excluding carboxylic acids is 2. The average molecular weight is 533 g/mol. The van der Waals surface area contributed by atoms with Crippen molar-refractivity contribution in [3.05, 3.63) is 93.6 Å². The van der Waals surface area contributed by atoms with Crippen LogP contribution in [0.5, 0.6) is 0 Å². The number of anilines is 3. The number of carbonyl (C=O) groups is 2. The maximum atomic E-state index is 13.1. The zero-order chi connectivity index (χ0) is 26.0. The quantitative estimate of drug-likeness (QED) is 0.251. The molecule has 36 heavy (non-hydrogen) atoms. The van der Waals surface area contributed by atoms with Gasteiger partial charge < -0.3 is 16.0 Å². The van der Waals surface area contributed by atoms with Gasteiger partial charge in [-0.2, -0.15) is 13.2 Å². The monoisotopic (exact) mass is 532 g/mol. The molecule has 11 heteroatoms. The number of fused-ring (bicyclic) bond motifs is 1. The van der Waals surface area contributed by atoms with Crippen molar-refractivity contribution in [2.45, 2.75) is 13.1 Å². The van der Waals surface area contributed by atoms with Crippen molar-refractivity contribution in [3.63, 3.8) is 0 Å². The van der Waals surface area contributed by atoms with Crippen LogP contribution in [0.4, 0.5) is 35.0 Å². The molecule has 1 heterocycles. The van der Waals surface area contributed by atoms with Gasteiger partial charge in [-0.05, 0) is 67.6 Å². The number of halogens is 5. The molecule has 3 N–H and O–H groups in total. The summed E-state index contributed by atoms with van der Waals surface area (Å²) in [7, 11) is 0. The maximum absolute atomic E-state index is 13.1. The van der Waals surface area contributed by atoms with Gasteiger partial charge in [0.25, 0.3) is 5.91 Å². The van der Waals surface area contributed by atoms with Gasteiger partial charge in [-0.25, -0.2) is 4.79 Å². The number of nitrogens with zero attached hydrogens (tertiary/aromatic N) is 1. The summed E-state index contributed by atoms with van der Waals surface area (Å²) in [5.74, 6) is -0.385. The fourth-order valence-electron chi connectivity index (χ4n) is 3.48. The van der Waals surface area contributed by atoms with Crippen LogP contribution in [0.1, 0.15) is 21.6 Å². The van der Waals surface area contributed by atoms with Crippen LogP contribution in [-0.4, -0.2) is 16.9 Å². The molecule has 0 unspecified atom stereocenters. The van der Waals surface area contributed by atoms with Crippen LogP contribution in [0.25, 0.3) is 10.9 Å². The molecule has 0 saturated carbocycles. The number of nitrogens with one attached hydrogen (secondary N) is 3. The number of benzene rings is 3. The van der Waals surface area contributed by atoms with Crippen LogP contribution in [0.3, 0.4) is 0 Å². The summed E-state index contributed by atoms with van der Waals surface area (Å²) in [6.45, 7) is 1.77. The Morgan fingerprint density at radius 1 is 0.861 bits per heavy atom. The molecule has 0 fully saturated rings. The number of aromatic nitrogens is 1. The molecule has 6 nitrogen and oxygen atoms in total. The first kappa shape index (κ1) is 25.3. The minimum atomic E-state index is -4.67. The Bertz CT molecular complexity index is 1490. The third-order valence-corrected chi connectivity index (χ3v) is 5.62. The van der Waals surface area contributed by atoms with E-state index in [-0.39, 0.29) is 11.6 Å². The molecular weight excluding hydrogens is 516 g/mol. The van der Waals surface area contributed by atoms with Gasteiger partial charge >= 0.3 is 12.2 Å². The number of alkyl halides is 3. The van der Waals surface area contributed by atoms with Crippen LogP contribution in [0.2, 0.25) is 10.0 Å². The lowest BCUT2D eigenvalue weighted by Gasteiger charge is -2.14. The van der Waals surface area contributed by atoms with Crippen LogP contribution in [0.15, 0.2) is 66.7 Å². The third-order valence-electron chi connectivity index (χ3n) is 5.06. The molecule has 0 aliphatic heterocycles. The van der Waals surface area contributed by atoms with Gasteiger partial charge in [-0.3, -0.25) is 9.78 Å². The van der Waals surface area contributed by atoms with Crippen molar-refractivity contribution in [1.29, 1.82) is 0 Å². The molecule has 184 valence electrons. The van der Waals surface area contributed by atoms with Gasteiger partial charge in [-0.15, -0.1) is 0 Å². The lowest BCUT2D eigenvalue weighted by Crippen LogP contribution is -2.20. The molecule has 4 aromatic rings. The first-order valence-electron chi connectivity index (χ1n) is 10.4. The van der Waals surface area contributed by atoms with Crippen molar-refractivity contribution < 1.29 is 22.8 Å². The van der Waals surface area contributed by atoms with E-state index in [0.717, 1.165) is 12.1 Å². The highest BCUT2D eigenvalue weighted by Crippen LogP contribution is 2.36. The van der Waals surface area contributed by atoms with E-state index in [9.17, 15) is 22.8 Å². The van der Waals surface area contributed by atoms with Gasteiger partial charge in [0.15, 0.2) is 0 Å². The molecule has 1 aromatic heterocycles. The summed E-state index contributed by atoms with van der Waals surface area (Å²) in [5.41, 5.74) is 1.22. The average Bonchev–Trinajstić information content (AvgIpc) is 2.80. The maximum Gasteiger partial charge on any atom is 0.417 e. The van der Waals surface area contributed by atoms with Crippen molar-refractivity contribution in [3.8, 4) is 0 Å². The van der Waals surface area contributed by atoms with Crippen LogP contribution in [0, 0.1) is 6.92 Å². The van der Waals surface area contributed by atoms with Crippen molar-refractivity contribution >= 4 is 63.1 Å². The Kier molecular flexibility index (Phi) is 7.05. The summed E-state index contributed by atoms with van der Waals surface area (Å²) in [5, 5.41) is 8.24. The van der Waals surface area contributed by atoms with E-state index >= 15 is 0 Å². The first-order valence-corrected chi connectivity index (χ1v) is 11.2. The molecule has 0 spiro atoms. The molecule has 0 bridgehead atoms. The van der Waals surface area contributed by atoms with E-state index in [2.05, 4.69) is 20.9 Å². The standard InChI is InChI=1S/C25H17Cl2F3N4O2/c1-13-9-22(34-23(35)14-3-2-4-15(26)10-14)18-11-16(6-8-21(18)31-13)32-24(36)33-17-5-7-20(27)19(12-17)25(28,29)30/h2-12H,1H3,(H,31,34,35)(H2,32,33,36). The minimum absolute atomic E-state index is 0.0863. The normalized spacial score (nSPS) is 11.3. The van der Waals surface area contributed by atoms with E-state index in [1.165, 1.54) is 12.1 Å². The zero-order valence-electron chi connectivity index (χ0n) is 18.5. The van der Waals surface area contributed by atoms with Crippen LogP contribution >= 0.6 is 23.2 Å². The Hall–Kier alpha value is -3.82. The first-order chi connectivity index (χ1) is 17.0. The van der Waals surface area contributed by atoms with Crippen LogP contribution in [-0.2, 0) is 6.18 Å². The largest absolute Gasteiger partial charge is 0.417 e. The topological polar surface area (TPSA) is 83.1 Å². The number of hydrogen-bond donors (Lipinski definition) is 3. The highest BCUT2D eigenvalue weighted by molar-refractivity contribution is 6.31. The van der Waals surface area contributed by atoms with E-state index < -0.39 is 22.8 Å². The van der Waals surface area contributed by atoms with E-state index in [4.69, 9.17) is 23.2 Å². The van der Waals surface area contributed by atoms with Gasteiger partial charge in [0.2, 0.25) is 0 Å². The number of pyridine rings is 1. The minimum Gasteiger partial charge on any atom is -0.321 e. The van der Waals surface area contributed by atoms with Crippen molar-refractivity contribution in [2.24, 2.45) is 0 Å². The molecule has 0 radical (unpaired) electrons. The summed E-state index contributed by atoms with van der Waals surface area (Å²) in [6.07, 6.45) is -4.67. The second kappa shape index (κ2) is 10.0. The Morgan fingerprint density at radius 3 is 2.25 bits per heavy atom. The van der Waals surface area contributed by atoms with E-state index in [1.54, 1.807) is 49.4 Å². The van der Waals surface area contributed by atoms with Crippen molar-refractivity contribution in [2.75, 3.05) is 16.0 Å². The molecule has 0 aliphatic rings. The Labute approximate surface area is 213 Å². The lowest BCUT2D eigenvalue weighted by atomic mass is 10.1. The fraction of sp³-hybridized carbons (Fsp3) is 0.0800. The summed E-state index contributed by atoms with van der Waals surface area (Å²) < 4.78 is 39.3. The highest BCUT2D eigenvalue weighted by Gasteiger charge is 2.33. The van der Waals surface area contributed by atoms with Gasteiger partial charge in [0, 0.05) is 33.0 Å². The third kappa shape index (κ3) is 5.87. The molecule has 3 aromatic carbocycles. The SMILES string of the molecule is Cc1cc(NC(=O)c2cccc(Cl)c2)c2cc(NC(=O)Nc3ccc(Cl)c(C(F)(F)F)c3)ccc2n1. The zero-order valence-corrected chi connectivity index (χ0v) is 20.0. The molecule has 0 atom stereocenters. The van der Waals surface area contributed by atoms with Gasteiger partial charge in [0.05, 0.1) is 21.8 Å². The Morgan fingerprint density at radius 2 is 1.56 bits per heavy atom. The van der Waals surface area contributed by atoms with Crippen molar-refractivity contribution in [1.82, 2.24) is 4.98 Å². The number of urea groups is 1. The highest BCUT2D eigenvalue weighted by atomic mass is 35.5. The Balaban J connectivity index is 1.57. The summed E-state index contributed by atoms with van der Waals surface area (Å²) in [4.78, 5) is 29.7. The predicted octanol–water partition coefficient (Wildman–Crippen LogP) is 7.77. The van der Waals surface area contributed by atoms with E-state index in [0.29, 0.717) is 38.6 Å². The number of rotatable bonds is 4. The lowest BCUT2D eigenvalue weighted by molar-refractivity contribution is -0.137. The molecule has 4 rings (SSSR count). The number of aryl methyl sites for hydroxylation is 1. The molecular formula is C25H17Cl2F3N4O2. The number of amides is 3. The molecule has 0 aliphatic carbocycles. The van der Waals surface area contributed by atoms with Crippen LogP contribution < -0.4 is 16.0 Å². The fourth-order valence-corrected chi connectivity index (χ4v) is 3.89. The second-order valence-corrected chi connectivity index (χ2v) is 8.62. The summed E-state index contributed by atoms with van der Waals surface area (Å²) >= 11 is 11.6.